The molecule has 0 aromatic heterocycles. The van der Waals surface area contributed by atoms with Crippen molar-refractivity contribution in [2.75, 3.05) is 11.4 Å². The number of carboxylic acids is 1. The van der Waals surface area contributed by atoms with Gasteiger partial charge in [-0.05, 0) is 31.0 Å². The Morgan fingerprint density at radius 1 is 1.37 bits per heavy atom. The number of aromatic carboxylic acids is 1. The lowest BCUT2D eigenvalue weighted by Gasteiger charge is -2.26. The largest absolute Gasteiger partial charge is 0.478 e. The van der Waals surface area contributed by atoms with Gasteiger partial charge in [0.05, 0.1) is 5.56 Å². The quantitative estimate of drug-likeness (QED) is 0.911. The first-order chi connectivity index (χ1) is 8.76. The fraction of sp³-hybridized carbons (Fsp3) is 0.417. The van der Waals surface area contributed by atoms with Crippen molar-refractivity contribution < 1.29 is 23.1 Å². The molecular weight excluding hydrogens is 327 g/mol. The van der Waals surface area contributed by atoms with E-state index in [-0.39, 0.29) is 17.3 Å². The van der Waals surface area contributed by atoms with Crippen molar-refractivity contribution >= 4 is 27.6 Å². The number of carboxylic acid groups (broad SMARTS) is 1. The molecule has 19 heavy (non-hydrogen) atoms. The first-order valence-corrected chi connectivity index (χ1v) is 6.43. The maximum absolute atomic E-state index is 12.6. The maximum Gasteiger partial charge on any atom is 0.405 e. The van der Waals surface area contributed by atoms with Crippen LogP contribution in [0, 0.1) is 0 Å². The number of hydrogen-bond acceptors (Lipinski definition) is 2. The Morgan fingerprint density at radius 3 is 2.47 bits per heavy atom. The van der Waals surface area contributed by atoms with E-state index in [0.717, 1.165) is 0 Å². The van der Waals surface area contributed by atoms with Gasteiger partial charge in [-0.1, -0.05) is 15.9 Å². The summed E-state index contributed by atoms with van der Waals surface area (Å²) in [6.07, 6.45) is -2.91. The fourth-order valence-corrected chi connectivity index (χ4v) is 2.36. The second-order valence-corrected chi connectivity index (χ2v) is 5.39. The van der Waals surface area contributed by atoms with Gasteiger partial charge in [-0.2, -0.15) is 13.2 Å². The van der Waals surface area contributed by atoms with Crippen molar-refractivity contribution in [2.45, 2.75) is 25.1 Å². The molecule has 3 nitrogen and oxygen atoms in total. The summed E-state index contributed by atoms with van der Waals surface area (Å²) in [4.78, 5) is 12.2. The Morgan fingerprint density at radius 2 is 2.00 bits per heavy atom. The number of halogens is 4. The third-order valence-corrected chi connectivity index (χ3v) is 3.26. The molecule has 0 amide bonds. The lowest BCUT2D eigenvalue weighted by atomic mass is 10.2. The Hall–Kier alpha value is -1.24. The Bertz CT molecular complexity index is 500. The normalized spacial score (nSPS) is 15.4. The summed E-state index contributed by atoms with van der Waals surface area (Å²) in [5, 5.41) is 8.94. The molecule has 1 aliphatic rings. The molecule has 1 aromatic carbocycles. The van der Waals surface area contributed by atoms with E-state index in [2.05, 4.69) is 15.9 Å². The van der Waals surface area contributed by atoms with E-state index < -0.39 is 18.7 Å². The predicted octanol–water partition coefficient (Wildman–Crippen LogP) is 3.68. The zero-order valence-electron chi connectivity index (χ0n) is 9.75. The van der Waals surface area contributed by atoms with E-state index >= 15 is 0 Å². The first kappa shape index (κ1) is 14.2. The summed E-state index contributed by atoms with van der Waals surface area (Å²) in [6.45, 7) is -1.06. The number of anilines is 1. The van der Waals surface area contributed by atoms with E-state index in [0.29, 0.717) is 17.3 Å². The molecule has 0 radical (unpaired) electrons. The average Bonchev–Trinajstić information content (AvgIpc) is 3.07. The van der Waals surface area contributed by atoms with Crippen LogP contribution in [0.15, 0.2) is 22.7 Å². The van der Waals surface area contributed by atoms with E-state index in [1.807, 2.05) is 0 Å². The lowest BCUT2D eigenvalue weighted by Crippen LogP contribution is -2.36. The highest BCUT2D eigenvalue weighted by atomic mass is 79.9. The average molecular weight is 338 g/mol. The molecular formula is C12H11BrF3NO2. The number of rotatable bonds is 4. The third-order valence-electron chi connectivity index (χ3n) is 2.80. The molecule has 1 N–H and O–H groups in total. The highest BCUT2D eigenvalue weighted by molar-refractivity contribution is 9.10. The van der Waals surface area contributed by atoms with Crippen molar-refractivity contribution in [1.29, 1.82) is 0 Å². The molecule has 104 valence electrons. The first-order valence-electron chi connectivity index (χ1n) is 5.63. The zero-order chi connectivity index (χ0) is 14.2. The number of benzene rings is 1. The van der Waals surface area contributed by atoms with Gasteiger partial charge in [-0.15, -0.1) is 0 Å². The summed E-state index contributed by atoms with van der Waals surface area (Å²) < 4.78 is 38.2. The second kappa shape index (κ2) is 5.03. The molecule has 0 saturated heterocycles. The summed E-state index contributed by atoms with van der Waals surface area (Å²) in [5.41, 5.74) is 0.254. The topological polar surface area (TPSA) is 40.5 Å². The summed E-state index contributed by atoms with van der Waals surface area (Å²) in [5.74, 6) is -1.16. The van der Waals surface area contributed by atoms with Crippen LogP contribution >= 0.6 is 15.9 Å². The minimum absolute atomic E-state index is 0.0304. The molecule has 1 aliphatic carbocycles. The zero-order valence-corrected chi connectivity index (χ0v) is 11.3. The molecule has 0 spiro atoms. The Balaban J connectivity index is 2.33. The summed E-state index contributed by atoms with van der Waals surface area (Å²) in [7, 11) is 0. The van der Waals surface area contributed by atoms with Gasteiger partial charge in [0.1, 0.15) is 6.54 Å². The van der Waals surface area contributed by atoms with Crippen molar-refractivity contribution in [2.24, 2.45) is 0 Å². The highest BCUT2D eigenvalue weighted by Gasteiger charge is 2.38. The second-order valence-electron chi connectivity index (χ2n) is 4.48. The molecule has 1 aromatic rings. The van der Waals surface area contributed by atoms with Gasteiger partial charge < -0.3 is 10.0 Å². The standard InChI is InChI=1S/C12H11BrF3NO2/c13-8-3-7(11(18)19)4-10(5-8)17(9-1-2-9)6-12(14,15)16/h3-5,9H,1-2,6H2,(H,18,19). The molecule has 2 rings (SSSR count). The van der Waals surface area contributed by atoms with Crippen LogP contribution < -0.4 is 4.90 Å². The molecule has 0 heterocycles. The van der Waals surface area contributed by atoms with Gasteiger partial charge in [0.2, 0.25) is 0 Å². The molecule has 7 heteroatoms. The van der Waals surface area contributed by atoms with Crippen LogP contribution in [0.1, 0.15) is 23.2 Å². The van der Waals surface area contributed by atoms with Crippen molar-refractivity contribution in [3.05, 3.63) is 28.2 Å². The van der Waals surface area contributed by atoms with Crippen molar-refractivity contribution in [1.82, 2.24) is 0 Å². The van der Waals surface area contributed by atoms with E-state index in [4.69, 9.17) is 5.11 Å². The van der Waals surface area contributed by atoms with Crippen LogP contribution in [-0.2, 0) is 0 Å². The van der Waals surface area contributed by atoms with Gasteiger partial charge in [0.15, 0.2) is 0 Å². The van der Waals surface area contributed by atoms with Crippen LogP contribution in [-0.4, -0.2) is 29.8 Å². The van der Waals surface area contributed by atoms with Crippen LogP contribution in [0.25, 0.3) is 0 Å². The van der Waals surface area contributed by atoms with Gasteiger partial charge >= 0.3 is 12.1 Å². The summed E-state index contributed by atoms with van der Waals surface area (Å²) >= 11 is 3.13. The fourth-order valence-electron chi connectivity index (χ4n) is 1.87. The van der Waals surface area contributed by atoms with Crippen LogP contribution in [0.5, 0.6) is 0 Å². The number of carbonyl (C=O) groups is 1. The van der Waals surface area contributed by atoms with Gasteiger partial charge in [0.25, 0.3) is 0 Å². The number of nitrogens with zero attached hydrogens (tertiary/aromatic N) is 1. The Kier molecular flexibility index (Phi) is 3.75. The molecule has 0 bridgehead atoms. The van der Waals surface area contributed by atoms with Gasteiger partial charge in [-0.25, -0.2) is 4.79 Å². The van der Waals surface area contributed by atoms with E-state index in [1.165, 1.54) is 23.1 Å². The van der Waals surface area contributed by atoms with Crippen LogP contribution in [0.4, 0.5) is 18.9 Å². The third kappa shape index (κ3) is 3.86. The predicted molar refractivity (Wildman–Crippen MR) is 67.5 cm³/mol. The molecule has 0 unspecified atom stereocenters. The molecule has 1 saturated carbocycles. The Labute approximate surface area is 116 Å². The smallest absolute Gasteiger partial charge is 0.405 e. The molecule has 1 fully saturated rings. The minimum atomic E-state index is -4.31. The van der Waals surface area contributed by atoms with Crippen molar-refractivity contribution in [3.63, 3.8) is 0 Å². The van der Waals surface area contributed by atoms with Gasteiger partial charge in [0, 0.05) is 16.2 Å². The van der Waals surface area contributed by atoms with Gasteiger partial charge in [-0.3, -0.25) is 0 Å². The monoisotopic (exact) mass is 337 g/mol. The van der Waals surface area contributed by atoms with E-state index in [1.54, 1.807) is 0 Å². The molecule has 0 atom stereocenters. The summed E-state index contributed by atoms with van der Waals surface area (Å²) in [6, 6.07) is 4.00. The highest BCUT2D eigenvalue weighted by Crippen LogP contribution is 2.35. The van der Waals surface area contributed by atoms with Crippen molar-refractivity contribution in [3.8, 4) is 0 Å². The number of hydrogen-bond donors (Lipinski definition) is 1. The lowest BCUT2D eigenvalue weighted by molar-refractivity contribution is -0.120. The van der Waals surface area contributed by atoms with Crippen LogP contribution in [0.3, 0.4) is 0 Å². The van der Waals surface area contributed by atoms with Crippen LogP contribution in [0.2, 0.25) is 0 Å². The number of alkyl halides is 3. The molecule has 0 aliphatic heterocycles. The van der Waals surface area contributed by atoms with E-state index in [9.17, 15) is 18.0 Å². The SMILES string of the molecule is O=C(O)c1cc(Br)cc(N(CC(F)(F)F)C2CC2)c1. The maximum atomic E-state index is 12.6. The minimum Gasteiger partial charge on any atom is -0.478 e.